The molecule has 1 N–H and O–H groups in total. The second-order valence-electron chi connectivity index (χ2n) is 6.06. The third kappa shape index (κ3) is 5.79. The van der Waals surface area contributed by atoms with Gasteiger partial charge in [-0.05, 0) is 17.6 Å². The summed E-state index contributed by atoms with van der Waals surface area (Å²) >= 11 is 0. The average Bonchev–Trinajstić information content (AvgIpc) is 2.62. The standard InChI is InChI=1S/C18H23F3N4O/c1-22-17(23-12-16(26)24(2)13-18(19,20)21)25-10-8-15(9-11-25)14-6-4-3-5-7-14/h3-8H,9-13H2,1-2H3,(H,22,23). The molecule has 142 valence electrons. The Labute approximate surface area is 151 Å². The lowest BCUT2D eigenvalue weighted by Crippen LogP contribution is -2.48. The van der Waals surface area contributed by atoms with Crippen LogP contribution in [0.5, 0.6) is 0 Å². The third-order valence-electron chi connectivity index (χ3n) is 4.10. The Hall–Kier alpha value is -2.51. The summed E-state index contributed by atoms with van der Waals surface area (Å²) in [6, 6.07) is 10.1. The van der Waals surface area contributed by atoms with Crippen LogP contribution in [0.15, 0.2) is 41.4 Å². The van der Waals surface area contributed by atoms with Crippen molar-refractivity contribution in [1.82, 2.24) is 15.1 Å². The molecule has 0 radical (unpaired) electrons. The van der Waals surface area contributed by atoms with Crippen LogP contribution >= 0.6 is 0 Å². The summed E-state index contributed by atoms with van der Waals surface area (Å²) in [5, 5.41) is 2.85. The molecule has 5 nitrogen and oxygen atoms in total. The van der Waals surface area contributed by atoms with Crippen molar-refractivity contribution in [2.75, 3.05) is 40.3 Å². The second kappa shape index (κ2) is 8.73. The van der Waals surface area contributed by atoms with Crippen LogP contribution < -0.4 is 5.32 Å². The number of amides is 1. The summed E-state index contributed by atoms with van der Waals surface area (Å²) in [5.74, 6) is -0.136. The van der Waals surface area contributed by atoms with E-state index < -0.39 is 18.6 Å². The fourth-order valence-electron chi connectivity index (χ4n) is 2.75. The summed E-state index contributed by atoms with van der Waals surface area (Å²) in [6.07, 6.45) is -1.48. The maximum atomic E-state index is 12.3. The molecule has 1 amide bonds. The van der Waals surface area contributed by atoms with Gasteiger partial charge in [0.2, 0.25) is 5.91 Å². The molecule has 0 saturated heterocycles. The van der Waals surface area contributed by atoms with Gasteiger partial charge in [0, 0.05) is 27.2 Å². The maximum Gasteiger partial charge on any atom is 0.406 e. The van der Waals surface area contributed by atoms with Gasteiger partial charge in [0.1, 0.15) is 6.54 Å². The van der Waals surface area contributed by atoms with Crippen molar-refractivity contribution in [2.24, 2.45) is 4.99 Å². The lowest BCUT2D eigenvalue weighted by molar-refractivity contribution is -0.157. The van der Waals surface area contributed by atoms with Gasteiger partial charge in [-0.3, -0.25) is 9.79 Å². The highest BCUT2D eigenvalue weighted by Gasteiger charge is 2.31. The first kappa shape index (κ1) is 19.8. The van der Waals surface area contributed by atoms with Gasteiger partial charge in [0.05, 0.1) is 6.54 Å². The number of alkyl halides is 3. The van der Waals surface area contributed by atoms with Crippen LogP contribution in [-0.2, 0) is 4.79 Å². The van der Waals surface area contributed by atoms with E-state index >= 15 is 0 Å². The minimum absolute atomic E-state index is 0.231. The lowest BCUT2D eigenvalue weighted by atomic mass is 10.00. The molecular weight excluding hydrogens is 345 g/mol. The third-order valence-corrected chi connectivity index (χ3v) is 4.10. The molecule has 0 atom stereocenters. The van der Waals surface area contributed by atoms with Crippen LogP contribution in [0.3, 0.4) is 0 Å². The Morgan fingerprint density at radius 2 is 2.00 bits per heavy atom. The van der Waals surface area contributed by atoms with Crippen molar-refractivity contribution < 1.29 is 18.0 Å². The van der Waals surface area contributed by atoms with E-state index in [0.29, 0.717) is 23.9 Å². The number of nitrogens with one attached hydrogen (secondary N) is 1. The average molecular weight is 368 g/mol. The SMILES string of the molecule is CN=C(NCC(=O)N(C)CC(F)(F)F)N1CC=C(c2ccccc2)CC1. The molecule has 1 heterocycles. The van der Waals surface area contributed by atoms with Gasteiger partial charge in [-0.1, -0.05) is 36.4 Å². The van der Waals surface area contributed by atoms with Crippen molar-refractivity contribution in [3.8, 4) is 0 Å². The molecule has 0 unspecified atom stereocenters. The van der Waals surface area contributed by atoms with Crippen molar-refractivity contribution in [3.63, 3.8) is 0 Å². The summed E-state index contributed by atoms with van der Waals surface area (Å²) in [4.78, 5) is 18.6. The predicted molar refractivity (Wildman–Crippen MR) is 95.7 cm³/mol. The fraction of sp³-hybridized carbons (Fsp3) is 0.444. The number of hydrogen-bond acceptors (Lipinski definition) is 2. The molecule has 0 saturated carbocycles. The molecule has 2 rings (SSSR count). The molecule has 1 aliphatic heterocycles. The van der Waals surface area contributed by atoms with E-state index in [1.54, 1.807) is 7.05 Å². The molecule has 0 aromatic heterocycles. The molecule has 26 heavy (non-hydrogen) atoms. The zero-order valence-electron chi connectivity index (χ0n) is 14.9. The summed E-state index contributed by atoms with van der Waals surface area (Å²) < 4.78 is 37.0. The van der Waals surface area contributed by atoms with Crippen LogP contribution in [0.2, 0.25) is 0 Å². The zero-order valence-corrected chi connectivity index (χ0v) is 14.9. The lowest BCUT2D eigenvalue weighted by Gasteiger charge is -2.30. The molecule has 0 spiro atoms. The smallest absolute Gasteiger partial charge is 0.347 e. The highest BCUT2D eigenvalue weighted by molar-refractivity contribution is 5.87. The fourth-order valence-corrected chi connectivity index (χ4v) is 2.75. The van der Waals surface area contributed by atoms with E-state index in [1.807, 2.05) is 23.1 Å². The number of carbonyl (C=O) groups excluding carboxylic acids is 1. The molecular formula is C18H23F3N4O. The van der Waals surface area contributed by atoms with Crippen LogP contribution in [-0.4, -0.2) is 68.1 Å². The van der Waals surface area contributed by atoms with Crippen molar-refractivity contribution in [2.45, 2.75) is 12.6 Å². The molecule has 1 aliphatic rings. The van der Waals surface area contributed by atoms with E-state index in [1.165, 1.54) is 11.1 Å². The number of carbonyl (C=O) groups is 1. The summed E-state index contributed by atoms with van der Waals surface area (Å²) in [6.45, 7) is -0.159. The number of guanidine groups is 1. The van der Waals surface area contributed by atoms with E-state index in [9.17, 15) is 18.0 Å². The first-order valence-corrected chi connectivity index (χ1v) is 8.31. The highest BCUT2D eigenvalue weighted by Crippen LogP contribution is 2.22. The van der Waals surface area contributed by atoms with Crippen LogP contribution in [0.4, 0.5) is 13.2 Å². The number of likely N-dealkylation sites (N-methyl/N-ethyl adjacent to an activating group) is 1. The van der Waals surface area contributed by atoms with Crippen LogP contribution in [0, 0.1) is 0 Å². The molecule has 8 heteroatoms. The van der Waals surface area contributed by atoms with Crippen LogP contribution in [0.1, 0.15) is 12.0 Å². The minimum atomic E-state index is -4.41. The molecule has 0 bridgehead atoms. The van der Waals surface area contributed by atoms with Gasteiger partial charge in [0.25, 0.3) is 0 Å². The molecule has 1 aromatic carbocycles. The molecule has 1 aromatic rings. The first-order chi connectivity index (χ1) is 12.3. The Morgan fingerprint density at radius 1 is 1.31 bits per heavy atom. The van der Waals surface area contributed by atoms with Gasteiger partial charge in [-0.25, -0.2) is 0 Å². The van der Waals surface area contributed by atoms with Crippen LogP contribution in [0.25, 0.3) is 5.57 Å². The first-order valence-electron chi connectivity index (χ1n) is 8.31. The predicted octanol–water partition coefficient (Wildman–Crippen LogP) is 2.37. The Bertz CT molecular complexity index is 671. The number of nitrogens with zero attached hydrogens (tertiary/aromatic N) is 3. The topological polar surface area (TPSA) is 47.9 Å². The zero-order chi connectivity index (χ0) is 19.2. The minimum Gasteiger partial charge on any atom is -0.347 e. The second-order valence-corrected chi connectivity index (χ2v) is 6.06. The van der Waals surface area contributed by atoms with Crippen molar-refractivity contribution >= 4 is 17.4 Å². The summed E-state index contributed by atoms with van der Waals surface area (Å²) in [5.41, 5.74) is 2.43. The number of rotatable bonds is 4. The number of halogens is 3. The van der Waals surface area contributed by atoms with E-state index in [2.05, 4.69) is 28.5 Å². The number of benzene rings is 1. The molecule has 0 fully saturated rings. The highest BCUT2D eigenvalue weighted by atomic mass is 19.4. The normalized spacial score (nSPS) is 15.5. The Balaban J connectivity index is 1.88. The van der Waals surface area contributed by atoms with Gasteiger partial charge >= 0.3 is 6.18 Å². The van der Waals surface area contributed by atoms with Gasteiger partial charge in [-0.15, -0.1) is 0 Å². The summed E-state index contributed by atoms with van der Waals surface area (Å²) in [7, 11) is 2.72. The maximum absolute atomic E-state index is 12.3. The van der Waals surface area contributed by atoms with Gasteiger partial charge in [0.15, 0.2) is 5.96 Å². The van der Waals surface area contributed by atoms with E-state index in [4.69, 9.17) is 0 Å². The quantitative estimate of drug-likeness (QED) is 0.656. The Kier molecular flexibility index (Phi) is 6.65. The Morgan fingerprint density at radius 3 is 2.54 bits per heavy atom. The van der Waals surface area contributed by atoms with E-state index in [0.717, 1.165) is 13.5 Å². The van der Waals surface area contributed by atoms with E-state index in [-0.39, 0.29) is 6.54 Å². The van der Waals surface area contributed by atoms with Gasteiger partial charge < -0.3 is 15.1 Å². The van der Waals surface area contributed by atoms with Crippen molar-refractivity contribution in [3.05, 3.63) is 42.0 Å². The molecule has 0 aliphatic carbocycles. The number of aliphatic imine (C=N–C) groups is 1. The van der Waals surface area contributed by atoms with Gasteiger partial charge in [-0.2, -0.15) is 13.2 Å². The largest absolute Gasteiger partial charge is 0.406 e. The monoisotopic (exact) mass is 368 g/mol. The van der Waals surface area contributed by atoms with Crippen molar-refractivity contribution in [1.29, 1.82) is 0 Å². The number of hydrogen-bond donors (Lipinski definition) is 1.